The lowest BCUT2D eigenvalue weighted by molar-refractivity contribution is 0.306. The van der Waals surface area contributed by atoms with Crippen LogP contribution in [-0.4, -0.2) is 0 Å². The second-order valence-corrected chi connectivity index (χ2v) is 6.62. The summed E-state index contributed by atoms with van der Waals surface area (Å²) in [4.78, 5) is 0. The zero-order chi connectivity index (χ0) is 14.9. The van der Waals surface area contributed by atoms with Crippen LogP contribution in [0.5, 0.6) is 5.75 Å². The van der Waals surface area contributed by atoms with Gasteiger partial charge in [0.25, 0.3) is 0 Å². The number of halogens is 6. The Labute approximate surface area is 149 Å². The SMILES string of the molecule is Clc1c(Cl)c(Cl)c(OCc2ccc(Br)cc2)c(Cl)c1Cl. The summed E-state index contributed by atoms with van der Waals surface area (Å²) in [6, 6.07) is 7.63. The first-order valence-electron chi connectivity index (χ1n) is 5.30. The maximum absolute atomic E-state index is 6.08. The first-order chi connectivity index (χ1) is 9.41. The fraction of sp³-hybridized carbons (Fsp3) is 0.0769. The molecule has 0 atom stereocenters. The van der Waals surface area contributed by atoms with Crippen LogP contribution in [0.3, 0.4) is 0 Å². The van der Waals surface area contributed by atoms with E-state index >= 15 is 0 Å². The molecule has 0 heterocycles. The van der Waals surface area contributed by atoms with Crippen molar-refractivity contribution in [3.8, 4) is 5.75 Å². The van der Waals surface area contributed by atoms with Gasteiger partial charge in [-0.25, -0.2) is 0 Å². The first kappa shape index (κ1) is 16.5. The molecule has 0 N–H and O–H groups in total. The van der Waals surface area contributed by atoms with Crippen molar-refractivity contribution in [2.24, 2.45) is 0 Å². The van der Waals surface area contributed by atoms with Crippen LogP contribution in [0.4, 0.5) is 0 Å². The summed E-state index contributed by atoms with van der Waals surface area (Å²) in [5, 5.41) is 0.632. The molecule has 0 spiro atoms. The molecule has 2 aromatic carbocycles. The van der Waals surface area contributed by atoms with E-state index in [1.165, 1.54) is 0 Å². The highest BCUT2D eigenvalue weighted by Crippen LogP contribution is 2.48. The van der Waals surface area contributed by atoms with E-state index in [9.17, 15) is 0 Å². The van der Waals surface area contributed by atoms with Gasteiger partial charge in [-0.05, 0) is 17.7 Å². The number of ether oxygens (including phenoxy) is 1. The predicted octanol–water partition coefficient (Wildman–Crippen LogP) is 7.30. The van der Waals surface area contributed by atoms with Crippen molar-refractivity contribution >= 4 is 73.9 Å². The zero-order valence-electron chi connectivity index (χ0n) is 9.69. The molecule has 0 aromatic heterocycles. The van der Waals surface area contributed by atoms with Crippen LogP contribution in [0.15, 0.2) is 28.7 Å². The minimum atomic E-state index is 0.110. The molecule has 0 fully saturated rings. The smallest absolute Gasteiger partial charge is 0.160 e. The third-order valence-corrected chi connectivity index (χ3v) is 5.24. The fourth-order valence-corrected chi connectivity index (χ4v) is 2.94. The standard InChI is InChI=1S/C13H6BrCl5O/c14-7-3-1-6(2-4-7)5-20-13-11(18)9(16)8(15)10(17)12(13)19/h1-4H,5H2. The van der Waals surface area contributed by atoms with Gasteiger partial charge in [0.15, 0.2) is 5.75 Å². The molecular weight excluding hydrogens is 429 g/mol. The summed E-state index contributed by atoms with van der Waals surface area (Å²) in [5.41, 5.74) is 0.947. The van der Waals surface area contributed by atoms with E-state index in [0.29, 0.717) is 0 Å². The van der Waals surface area contributed by atoms with Gasteiger partial charge in [-0.3, -0.25) is 0 Å². The van der Waals surface area contributed by atoms with Crippen molar-refractivity contribution in [2.45, 2.75) is 6.61 Å². The Morgan fingerprint density at radius 1 is 0.750 bits per heavy atom. The normalized spacial score (nSPS) is 10.7. The van der Waals surface area contributed by atoms with Gasteiger partial charge >= 0.3 is 0 Å². The van der Waals surface area contributed by atoms with E-state index < -0.39 is 0 Å². The van der Waals surface area contributed by atoms with E-state index in [-0.39, 0.29) is 37.5 Å². The molecule has 0 saturated carbocycles. The predicted molar refractivity (Wildman–Crippen MR) is 90.0 cm³/mol. The number of hydrogen-bond donors (Lipinski definition) is 0. The van der Waals surface area contributed by atoms with Crippen molar-refractivity contribution in [3.05, 3.63) is 59.4 Å². The lowest BCUT2D eigenvalue weighted by Gasteiger charge is -2.13. The molecule has 0 aliphatic heterocycles. The van der Waals surface area contributed by atoms with Crippen LogP contribution in [-0.2, 0) is 6.61 Å². The molecule has 0 unspecified atom stereocenters. The van der Waals surface area contributed by atoms with E-state index in [0.717, 1.165) is 10.0 Å². The highest BCUT2D eigenvalue weighted by atomic mass is 79.9. The quantitative estimate of drug-likeness (QED) is 0.363. The molecule has 1 nitrogen and oxygen atoms in total. The Balaban J connectivity index is 2.28. The van der Waals surface area contributed by atoms with E-state index in [2.05, 4.69) is 15.9 Å². The minimum Gasteiger partial charge on any atom is -0.486 e. The maximum Gasteiger partial charge on any atom is 0.160 e. The Morgan fingerprint density at radius 3 is 1.70 bits per heavy atom. The van der Waals surface area contributed by atoms with E-state index in [1.54, 1.807) is 0 Å². The van der Waals surface area contributed by atoms with Crippen molar-refractivity contribution in [2.75, 3.05) is 0 Å². The molecular formula is C13H6BrCl5O. The van der Waals surface area contributed by atoms with Crippen LogP contribution < -0.4 is 4.74 Å². The summed E-state index contributed by atoms with van der Waals surface area (Å²) < 4.78 is 6.58. The summed E-state index contributed by atoms with van der Waals surface area (Å²) in [7, 11) is 0. The van der Waals surface area contributed by atoms with Crippen molar-refractivity contribution < 1.29 is 4.74 Å². The molecule has 0 radical (unpaired) electrons. The minimum absolute atomic E-state index is 0.110. The van der Waals surface area contributed by atoms with E-state index in [1.807, 2.05) is 24.3 Å². The number of rotatable bonds is 3. The summed E-state index contributed by atoms with van der Waals surface area (Å²) in [6.45, 7) is 0.279. The lowest BCUT2D eigenvalue weighted by atomic mass is 10.2. The molecule has 0 aliphatic carbocycles. The molecule has 2 aromatic rings. The number of benzene rings is 2. The molecule has 20 heavy (non-hydrogen) atoms. The molecule has 2 rings (SSSR count). The molecule has 7 heteroatoms. The van der Waals surface area contributed by atoms with Crippen LogP contribution in [0.25, 0.3) is 0 Å². The van der Waals surface area contributed by atoms with Crippen LogP contribution >= 0.6 is 73.9 Å². The van der Waals surface area contributed by atoms with Crippen LogP contribution in [0, 0.1) is 0 Å². The van der Waals surface area contributed by atoms with Crippen LogP contribution in [0.2, 0.25) is 25.1 Å². The highest BCUT2D eigenvalue weighted by molar-refractivity contribution is 9.10. The van der Waals surface area contributed by atoms with Gasteiger partial charge in [-0.15, -0.1) is 0 Å². The Kier molecular flexibility index (Phi) is 5.75. The van der Waals surface area contributed by atoms with Crippen LogP contribution in [0.1, 0.15) is 5.56 Å². The monoisotopic (exact) mass is 432 g/mol. The topological polar surface area (TPSA) is 9.23 Å². The van der Waals surface area contributed by atoms with E-state index in [4.69, 9.17) is 62.7 Å². The van der Waals surface area contributed by atoms with Crippen molar-refractivity contribution in [3.63, 3.8) is 0 Å². The maximum atomic E-state index is 6.08. The highest BCUT2D eigenvalue weighted by Gasteiger charge is 2.20. The van der Waals surface area contributed by atoms with Gasteiger partial charge in [0, 0.05) is 4.47 Å². The molecule has 106 valence electrons. The summed E-state index contributed by atoms with van der Waals surface area (Å²) >= 11 is 33.3. The average Bonchev–Trinajstić information content (AvgIpc) is 2.45. The number of hydrogen-bond acceptors (Lipinski definition) is 1. The molecule has 0 amide bonds. The Bertz CT molecular complexity index is 613. The first-order valence-corrected chi connectivity index (χ1v) is 7.98. The third kappa shape index (κ3) is 3.49. The molecule has 0 aliphatic rings. The molecule has 0 saturated heterocycles. The second kappa shape index (κ2) is 6.95. The van der Waals surface area contributed by atoms with Gasteiger partial charge in [0.1, 0.15) is 16.7 Å². The van der Waals surface area contributed by atoms with Gasteiger partial charge in [0.2, 0.25) is 0 Å². The van der Waals surface area contributed by atoms with Gasteiger partial charge in [-0.1, -0.05) is 86.1 Å². The summed E-state index contributed by atoms with van der Waals surface area (Å²) in [6.07, 6.45) is 0. The van der Waals surface area contributed by atoms with Gasteiger partial charge in [-0.2, -0.15) is 0 Å². The summed E-state index contributed by atoms with van der Waals surface area (Å²) in [5.74, 6) is 0.218. The molecule has 0 bridgehead atoms. The van der Waals surface area contributed by atoms with Crippen molar-refractivity contribution in [1.82, 2.24) is 0 Å². The van der Waals surface area contributed by atoms with Gasteiger partial charge in [0.05, 0.1) is 15.1 Å². The second-order valence-electron chi connectivity index (χ2n) is 3.81. The largest absolute Gasteiger partial charge is 0.486 e. The average molecular weight is 435 g/mol. The Hall–Kier alpha value is 0.170. The van der Waals surface area contributed by atoms with Gasteiger partial charge < -0.3 is 4.74 Å². The fourth-order valence-electron chi connectivity index (χ4n) is 1.45. The third-order valence-electron chi connectivity index (χ3n) is 2.47. The zero-order valence-corrected chi connectivity index (χ0v) is 15.1. The van der Waals surface area contributed by atoms with Crippen molar-refractivity contribution in [1.29, 1.82) is 0 Å². The Morgan fingerprint density at radius 2 is 1.20 bits per heavy atom. The lowest BCUT2D eigenvalue weighted by Crippen LogP contribution is -1.97.